The Morgan fingerprint density at radius 1 is 1.39 bits per heavy atom. The molecule has 18 heavy (non-hydrogen) atoms. The van der Waals surface area contributed by atoms with Gasteiger partial charge in [0.05, 0.1) is 15.6 Å². The molecule has 1 aliphatic heterocycles. The van der Waals surface area contributed by atoms with E-state index < -0.39 is 0 Å². The number of fused-ring (bicyclic) bond motifs is 1. The second-order valence-corrected chi connectivity index (χ2v) is 5.52. The molecule has 1 aliphatic rings. The van der Waals surface area contributed by atoms with E-state index in [0.717, 1.165) is 21.1 Å². The van der Waals surface area contributed by atoms with Crippen molar-refractivity contribution in [2.45, 2.75) is 20.4 Å². The van der Waals surface area contributed by atoms with Crippen LogP contribution in [0, 0.1) is 19.7 Å². The summed E-state index contributed by atoms with van der Waals surface area (Å²) in [5, 5.41) is 3.57. The number of thiazole rings is 1. The molecule has 0 saturated heterocycles. The van der Waals surface area contributed by atoms with Gasteiger partial charge in [0.1, 0.15) is 5.82 Å². The Labute approximate surface area is 108 Å². The number of aryl methyl sites for hydroxylation is 2. The van der Waals surface area contributed by atoms with Crippen molar-refractivity contribution in [2.75, 3.05) is 0 Å². The molecule has 0 bridgehead atoms. The lowest BCUT2D eigenvalue weighted by Crippen LogP contribution is -2.12. The topological polar surface area (TPSA) is 42.0 Å². The Morgan fingerprint density at radius 3 is 2.83 bits per heavy atom. The number of hydrogen-bond donors (Lipinski definition) is 1. The molecule has 3 nitrogen and oxygen atoms in total. The highest BCUT2D eigenvalue weighted by atomic mass is 32.1. The largest absolute Gasteiger partial charge is 0.348 e. The first-order valence-electron chi connectivity index (χ1n) is 5.61. The van der Waals surface area contributed by atoms with Gasteiger partial charge < -0.3 is 5.32 Å². The average Bonchev–Trinajstić information content (AvgIpc) is 2.83. The van der Waals surface area contributed by atoms with Crippen LogP contribution < -0.4 is 5.32 Å². The number of aromatic nitrogens is 1. The SMILES string of the molecule is Cc1nc(C)c(-c2cc(F)c3c(c2)C(=O)NC3)s1. The second-order valence-electron chi connectivity index (χ2n) is 4.31. The monoisotopic (exact) mass is 262 g/mol. The Balaban J connectivity index is 2.20. The van der Waals surface area contributed by atoms with Gasteiger partial charge in [-0.2, -0.15) is 0 Å². The molecular weight excluding hydrogens is 251 g/mol. The van der Waals surface area contributed by atoms with Crippen LogP contribution in [0.15, 0.2) is 12.1 Å². The summed E-state index contributed by atoms with van der Waals surface area (Å²) in [6.07, 6.45) is 0. The minimum atomic E-state index is -0.327. The van der Waals surface area contributed by atoms with Crippen molar-refractivity contribution in [1.29, 1.82) is 0 Å². The number of carbonyl (C=O) groups is 1. The van der Waals surface area contributed by atoms with Gasteiger partial charge in [-0.3, -0.25) is 4.79 Å². The van der Waals surface area contributed by atoms with Gasteiger partial charge in [0, 0.05) is 17.7 Å². The predicted octanol–water partition coefficient (Wildman–Crippen LogP) is 2.81. The molecule has 0 unspecified atom stereocenters. The third kappa shape index (κ3) is 1.62. The van der Waals surface area contributed by atoms with Crippen LogP contribution in [0.3, 0.4) is 0 Å². The standard InChI is InChI=1S/C13H11FN2OS/c1-6-12(18-7(2)16-6)8-3-9-10(11(14)4-8)5-15-13(9)17/h3-4H,5H2,1-2H3,(H,15,17). The van der Waals surface area contributed by atoms with Gasteiger partial charge in [0.25, 0.3) is 5.91 Å². The lowest BCUT2D eigenvalue weighted by atomic mass is 10.0. The average molecular weight is 262 g/mol. The van der Waals surface area contributed by atoms with Crippen molar-refractivity contribution >= 4 is 17.2 Å². The van der Waals surface area contributed by atoms with Crippen LogP contribution in [0.5, 0.6) is 0 Å². The minimum Gasteiger partial charge on any atom is -0.348 e. The van der Waals surface area contributed by atoms with E-state index in [2.05, 4.69) is 10.3 Å². The van der Waals surface area contributed by atoms with Gasteiger partial charge in [-0.15, -0.1) is 11.3 Å². The van der Waals surface area contributed by atoms with Crippen molar-refractivity contribution in [2.24, 2.45) is 0 Å². The molecule has 0 spiro atoms. The maximum absolute atomic E-state index is 13.9. The van der Waals surface area contributed by atoms with Gasteiger partial charge in [-0.1, -0.05) is 0 Å². The van der Waals surface area contributed by atoms with E-state index in [1.165, 1.54) is 17.4 Å². The number of halogens is 1. The molecule has 0 atom stereocenters. The Kier molecular flexibility index (Phi) is 2.45. The maximum atomic E-state index is 13.9. The number of carbonyl (C=O) groups excluding carboxylic acids is 1. The van der Waals surface area contributed by atoms with Gasteiger partial charge in [0.15, 0.2) is 0 Å². The third-order valence-corrected chi connectivity index (χ3v) is 4.15. The molecule has 0 radical (unpaired) electrons. The highest BCUT2D eigenvalue weighted by Gasteiger charge is 2.24. The van der Waals surface area contributed by atoms with Gasteiger partial charge in [0.2, 0.25) is 0 Å². The zero-order valence-corrected chi connectivity index (χ0v) is 10.8. The van der Waals surface area contributed by atoms with Crippen molar-refractivity contribution in [3.05, 3.63) is 39.8 Å². The zero-order chi connectivity index (χ0) is 12.9. The smallest absolute Gasteiger partial charge is 0.252 e. The minimum absolute atomic E-state index is 0.204. The van der Waals surface area contributed by atoms with E-state index in [0.29, 0.717) is 11.1 Å². The number of nitrogens with one attached hydrogen (secondary N) is 1. The molecule has 0 fully saturated rings. The molecule has 3 rings (SSSR count). The lowest BCUT2D eigenvalue weighted by Gasteiger charge is -2.03. The number of hydrogen-bond acceptors (Lipinski definition) is 3. The third-order valence-electron chi connectivity index (χ3n) is 3.03. The fraction of sp³-hybridized carbons (Fsp3) is 0.231. The van der Waals surface area contributed by atoms with E-state index in [9.17, 15) is 9.18 Å². The van der Waals surface area contributed by atoms with E-state index in [1.54, 1.807) is 6.07 Å². The van der Waals surface area contributed by atoms with E-state index in [1.807, 2.05) is 13.8 Å². The first kappa shape index (κ1) is 11.3. The van der Waals surface area contributed by atoms with Crippen molar-refractivity contribution < 1.29 is 9.18 Å². The second kappa shape index (κ2) is 3.88. The molecule has 2 aromatic rings. The Hall–Kier alpha value is -1.75. The van der Waals surface area contributed by atoms with Crippen LogP contribution in [0.4, 0.5) is 4.39 Å². The molecule has 1 aromatic heterocycles. The van der Waals surface area contributed by atoms with E-state index >= 15 is 0 Å². The Bertz CT molecular complexity index is 663. The van der Waals surface area contributed by atoms with Crippen molar-refractivity contribution in [3.63, 3.8) is 0 Å². The summed E-state index contributed by atoms with van der Waals surface area (Å²) >= 11 is 1.51. The first-order chi connectivity index (χ1) is 8.56. The van der Waals surface area contributed by atoms with E-state index in [4.69, 9.17) is 0 Å². The molecular formula is C13H11FN2OS. The van der Waals surface area contributed by atoms with Gasteiger partial charge >= 0.3 is 0 Å². The van der Waals surface area contributed by atoms with E-state index in [-0.39, 0.29) is 18.3 Å². The maximum Gasteiger partial charge on any atom is 0.252 e. The summed E-state index contributed by atoms with van der Waals surface area (Å²) in [6.45, 7) is 4.09. The normalized spacial score (nSPS) is 13.6. The predicted molar refractivity (Wildman–Crippen MR) is 68.2 cm³/mol. The van der Waals surface area contributed by atoms with Gasteiger partial charge in [-0.25, -0.2) is 9.37 Å². The summed E-state index contributed by atoms with van der Waals surface area (Å²) in [7, 11) is 0. The quantitative estimate of drug-likeness (QED) is 0.858. The summed E-state index contributed by atoms with van der Waals surface area (Å²) < 4.78 is 13.9. The van der Waals surface area contributed by atoms with Crippen LogP contribution in [0.2, 0.25) is 0 Å². The number of amides is 1. The van der Waals surface area contributed by atoms with Crippen LogP contribution in [-0.4, -0.2) is 10.9 Å². The van der Waals surface area contributed by atoms with Crippen molar-refractivity contribution in [1.82, 2.24) is 10.3 Å². The van der Waals surface area contributed by atoms with Crippen LogP contribution in [0.25, 0.3) is 10.4 Å². The van der Waals surface area contributed by atoms with Crippen molar-refractivity contribution in [3.8, 4) is 10.4 Å². The summed E-state index contributed by atoms with van der Waals surface area (Å²) in [4.78, 5) is 16.9. The summed E-state index contributed by atoms with van der Waals surface area (Å²) in [5.74, 6) is -0.532. The summed E-state index contributed by atoms with van der Waals surface area (Å²) in [6, 6.07) is 3.24. The highest BCUT2D eigenvalue weighted by Crippen LogP contribution is 2.33. The van der Waals surface area contributed by atoms with Crippen LogP contribution >= 0.6 is 11.3 Å². The molecule has 2 heterocycles. The lowest BCUT2D eigenvalue weighted by molar-refractivity contribution is 0.0966. The number of nitrogens with zero attached hydrogens (tertiary/aromatic N) is 1. The molecule has 92 valence electrons. The summed E-state index contributed by atoms with van der Waals surface area (Å²) in [5.41, 5.74) is 2.50. The zero-order valence-electron chi connectivity index (χ0n) is 10.0. The molecule has 1 N–H and O–H groups in total. The molecule has 0 saturated carbocycles. The number of rotatable bonds is 1. The van der Waals surface area contributed by atoms with Crippen LogP contribution in [0.1, 0.15) is 26.6 Å². The van der Waals surface area contributed by atoms with Crippen LogP contribution in [-0.2, 0) is 6.54 Å². The fourth-order valence-electron chi connectivity index (χ4n) is 2.21. The molecule has 1 aromatic carbocycles. The Morgan fingerprint density at radius 2 is 2.17 bits per heavy atom. The first-order valence-corrected chi connectivity index (χ1v) is 6.43. The highest BCUT2D eigenvalue weighted by molar-refractivity contribution is 7.15. The van der Waals surface area contributed by atoms with Gasteiger partial charge in [-0.05, 0) is 31.5 Å². The fourth-order valence-corrected chi connectivity index (χ4v) is 3.12. The number of benzene rings is 1. The molecule has 0 aliphatic carbocycles. The molecule has 1 amide bonds. The molecule has 5 heteroatoms.